The Balaban J connectivity index is 2.23. The van der Waals surface area contributed by atoms with E-state index in [-0.39, 0.29) is 17.8 Å². The average Bonchev–Trinajstić information content (AvgIpc) is 2.77. The minimum absolute atomic E-state index is 0.0259. The van der Waals surface area contributed by atoms with Gasteiger partial charge in [0.2, 0.25) is 5.89 Å². The zero-order valence-electron chi connectivity index (χ0n) is 9.98. The van der Waals surface area contributed by atoms with Gasteiger partial charge in [0.15, 0.2) is 0 Å². The predicted molar refractivity (Wildman–Crippen MR) is 62.3 cm³/mol. The molecule has 2 aromatic rings. The van der Waals surface area contributed by atoms with Crippen LogP contribution in [0.4, 0.5) is 4.39 Å². The van der Waals surface area contributed by atoms with Crippen molar-refractivity contribution >= 4 is 5.91 Å². The summed E-state index contributed by atoms with van der Waals surface area (Å²) in [6, 6.07) is 5.70. The van der Waals surface area contributed by atoms with E-state index in [4.69, 9.17) is 4.42 Å². The van der Waals surface area contributed by atoms with Gasteiger partial charge < -0.3 is 9.73 Å². The summed E-state index contributed by atoms with van der Waals surface area (Å²) in [5, 5.41) is 9.96. The van der Waals surface area contributed by atoms with Crippen molar-refractivity contribution in [3.63, 3.8) is 0 Å². The molecule has 1 heterocycles. The number of amides is 1. The molecule has 1 aromatic carbocycles. The van der Waals surface area contributed by atoms with Crippen LogP contribution in [-0.2, 0) is 0 Å². The van der Waals surface area contributed by atoms with E-state index in [2.05, 4.69) is 15.5 Å². The van der Waals surface area contributed by atoms with Gasteiger partial charge in [-0.25, -0.2) is 4.39 Å². The van der Waals surface area contributed by atoms with E-state index >= 15 is 0 Å². The molecule has 0 saturated carbocycles. The largest absolute Gasteiger partial charge is 0.412 e. The van der Waals surface area contributed by atoms with Crippen molar-refractivity contribution in [1.29, 1.82) is 0 Å². The van der Waals surface area contributed by atoms with Crippen molar-refractivity contribution in [2.45, 2.75) is 19.9 Å². The summed E-state index contributed by atoms with van der Waals surface area (Å²) in [5.41, 5.74) is 0.436. The van der Waals surface area contributed by atoms with E-state index in [0.29, 0.717) is 5.56 Å². The van der Waals surface area contributed by atoms with Gasteiger partial charge >= 0.3 is 11.8 Å². The van der Waals surface area contributed by atoms with Gasteiger partial charge in [-0.3, -0.25) is 4.79 Å². The highest BCUT2D eigenvalue weighted by atomic mass is 19.1. The van der Waals surface area contributed by atoms with Crippen LogP contribution in [-0.4, -0.2) is 22.1 Å². The molecule has 0 aliphatic rings. The number of carbonyl (C=O) groups is 1. The SMILES string of the molecule is CC(C)NC(=O)c1nnc(-c2cccc(F)c2)o1. The summed E-state index contributed by atoms with van der Waals surface area (Å²) in [6.07, 6.45) is 0. The van der Waals surface area contributed by atoms with Crippen LogP contribution in [0.25, 0.3) is 11.5 Å². The Labute approximate surface area is 103 Å². The van der Waals surface area contributed by atoms with Crippen molar-refractivity contribution < 1.29 is 13.6 Å². The van der Waals surface area contributed by atoms with Crippen LogP contribution in [0, 0.1) is 5.82 Å². The van der Waals surface area contributed by atoms with E-state index in [1.165, 1.54) is 18.2 Å². The van der Waals surface area contributed by atoms with Crippen LogP contribution in [0.2, 0.25) is 0 Å². The molecule has 0 radical (unpaired) electrons. The van der Waals surface area contributed by atoms with Crippen LogP contribution >= 0.6 is 0 Å². The van der Waals surface area contributed by atoms with Crippen LogP contribution in [0.1, 0.15) is 24.5 Å². The third-order valence-corrected chi connectivity index (χ3v) is 2.11. The molecule has 5 nitrogen and oxygen atoms in total. The number of hydrogen-bond acceptors (Lipinski definition) is 4. The molecule has 1 N–H and O–H groups in total. The lowest BCUT2D eigenvalue weighted by Crippen LogP contribution is -2.30. The molecule has 18 heavy (non-hydrogen) atoms. The third-order valence-electron chi connectivity index (χ3n) is 2.11. The molecular weight excluding hydrogens is 237 g/mol. The zero-order chi connectivity index (χ0) is 13.1. The number of aromatic nitrogens is 2. The number of hydrogen-bond donors (Lipinski definition) is 1. The molecule has 0 fully saturated rings. The van der Waals surface area contributed by atoms with E-state index in [0.717, 1.165) is 0 Å². The fourth-order valence-corrected chi connectivity index (χ4v) is 1.38. The summed E-state index contributed by atoms with van der Waals surface area (Å²) in [7, 11) is 0. The van der Waals surface area contributed by atoms with Crippen molar-refractivity contribution in [2.75, 3.05) is 0 Å². The summed E-state index contributed by atoms with van der Waals surface area (Å²) in [5.74, 6) is -0.870. The summed E-state index contributed by atoms with van der Waals surface area (Å²) in [6.45, 7) is 3.64. The highest BCUT2D eigenvalue weighted by Gasteiger charge is 2.16. The van der Waals surface area contributed by atoms with Crippen LogP contribution in [0.3, 0.4) is 0 Å². The first kappa shape index (κ1) is 12.2. The minimum Gasteiger partial charge on any atom is -0.412 e. The maximum absolute atomic E-state index is 13.0. The van der Waals surface area contributed by atoms with Crippen molar-refractivity contribution in [3.8, 4) is 11.5 Å². The van der Waals surface area contributed by atoms with E-state index in [1.54, 1.807) is 6.07 Å². The van der Waals surface area contributed by atoms with Crippen molar-refractivity contribution in [1.82, 2.24) is 15.5 Å². The highest BCUT2D eigenvalue weighted by Crippen LogP contribution is 2.18. The topological polar surface area (TPSA) is 68.0 Å². The zero-order valence-corrected chi connectivity index (χ0v) is 9.98. The van der Waals surface area contributed by atoms with Gasteiger partial charge in [-0.05, 0) is 32.0 Å². The number of nitrogens with zero attached hydrogens (tertiary/aromatic N) is 2. The maximum atomic E-state index is 13.0. The molecule has 0 spiro atoms. The number of nitrogens with one attached hydrogen (secondary N) is 1. The molecule has 0 unspecified atom stereocenters. The third kappa shape index (κ3) is 2.71. The molecule has 0 saturated heterocycles. The Morgan fingerprint density at radius 2 is 2.17 bits per heavy atom. The molecule has 6 heteroatoms. The highest BCUT2D eigenvalue weighted by molar-refractivity contribution is 5.89. The molecule has 94 valence electrons. The normalized spacial score (nSPS) is 10.7. The number of halogens is 1. The minimum atomic E-state index is -0.444. The smallest absolute Gasteiger partial charge is 0.309 e. The second-order valence-electron chi connectivity index (χ2n) is 4.05. The van der Waals surface area contributed by atoms with Gasteiger partial charge in [0.1, 0.15) is 5.82 Å². The Bertz CT molecular complexity index is 566. The van der Waals surface area contributed by atoms with E-state index in [9.17, 15) is 9.18 Å². The van der Waals surface area contributed by atoms with Crippen LogP contribution < -0.4 is 5.32 Å². The molecule has 0 bridgehead atoms. The van der Waals surface area contributed by atoms with Crippen LogP contribution in [0.5, 0.6) is 0 Å². The van der Waals surface area contributed by atoms with Gasteiger partial charge in [-0.2, -0.15) is 0 Å². The molecule has 1 amide bonds. The van der Waals surface area contributed by atoms with Crippen LogP contribution in [0.15, 0.2) is 28.7 Å². The first-order valence-corrected chi connectivity index (χ1v) is 5.46. The first-order chi connectivity index (χ1) is 8.56. The quantitative estimate of drug-likeness (QED) is 0.903. The standard InChI is InChI=1S/C12H12FN3O2/c1-7(2)14-10(17)12-16-15-11(18-12)8-4-3-5-9(13)6-8/h3-7H,1-2H3,(H,14,17). The van der Waals surface area contributed by atoms with Gasteiger partial charge in [0.25, 0.3) is 0 Å². The Morgan fingerprint density at radius 3 is 2.83 bits per heavy atom. The van der Waals surface area contributed by atoms with Gasteiger partial charge in [-0.15, -0.1) is 10.2 Å². The molecule has 0 aliphatic carbocycles. The predicted octanol–water partition coefficient (Wildman–Crippen LogP) is 2.01. The average molecular weight is 249 g/mol. The maximum Gasteiger partial charge on any atom is 0.309 e. The van der Waals surface area contributed by atoms with Crippen molar-refractivity contribution in [2.24, 2.45) is 0 Å². The van der Waals surface area contributed by atoms with E-state index in [1.807, 2.05) is 13.8 Å². The molecule has 1 aromatic heterocycles. The summed E-state index contributed by atoms with van der Waals surface area (Å²) < 4.78 is 18.2. The molecule has 2 rings (SSSR count). The van der Waals surface area contributed by atoms with Gasteiger partial charge in [0, 0.05) is 11.6 Å². The second kappa shape index (κ2) is 4.95. The number of benzene rings is 1. The lowest BCUT2D eigenvalue weighted by Gasteiger charge is -2.03. The second-order valence-corrected chi connectivity index (χ2v) is 4.05. The fraction of sp³-hybridized carbons (Fsp3) is 0.250. The Morgan fingerprint density at radius 1 is 1.39 bits per heavy atom. The monoisotopic (exact) mass is 249 g/mol. The van der Waals surface area contributed by atoms with E-state index < -0.39 is 11.7 Å². The van der Waals surface area contributed by atoms with Crippen molar-refractivity contribution in [3.05, 3.63) is 36.0 Å². The number of carbonyl (C=O) groups excluding carboxylic acids is 1. The summed E-state index contributed by atoms with van der Waals surface area (Å²) >= 11 is 0. The fourth-order valence-electron chi connectivity index (χ4n) is 1.38. The summed E-state index contributed by atoms with van der Waals surface area (Å²) in [4.78, 5) is 11.6. The molecular formula is C12H12FN3O2. The Kier molecular flexibility index (Phi) is 3.36. The molecule has 0 aliphatic heterocycles. The lowest BCUT2D eigenvalue weighted by atomic mass is 10.2. The first-order valence-electron chi connectivity index (χ1n) is 5.46. The Hall–Kier alpha value is -2.24. The van der Waals surface area contributed by atoms with Gasteiger partial charge in [0.05, 0.1) is 0 Å². The molecule has 0 atom stereocenters. The van der Waals surface area contributed by atoms with Gasteiger partial charge in [-0.1, -0.05) is 6.07 Å². The number of rotatable bonds is 3. The lowest BCUT2D eigenvalue weighted by molar-refractivity contribution is 0.0909.